The van der Waals surface area contributed by atoms with Crippen molar-refractivity contribution in [2.75, 3.05) is 67.5 Å². The lowest BCUT2D eigenvalue weighted by molar-refractivity contribution is -0.127. The Kier molecular flexibility index (Phi) is 8.66. The molecule has 5 rings (SSSR count). The molecule has 2 aromatic carbocycles. The van der Waals surface area contributed by atoms with Crippen LogP contribution in [0.2, 0.25) is 0 Å². The molecule has 39 heavy (non-hydrogen) atoms. The average molecular weight is 534 g/mol. The number of aryl methyl sites for hydroxylation is 1. The van der Waals surface area contributed by atoms with Crippen LogP contribution in [-0.2, 0) is 14.3 Å². The summed E-state index contributed by atoms with van der Waals surface area (Å²) in [7, 11) is 0. The Bertz CT molecular complexity index is 1190. The zero-order chi connectivity index (χ0) is 27.2. The van der Waals surface area contributed by atoms with Crippen LogP contribution in [0.1, 0.15) is 48.0 Å². The maximum atomic E-state index is 13.0. The molecule has 3 fully saturated rings. The molecule has 3 heterocycles. The van der Waals surface area contributed by atoms with Gasteiger partial charge in [-0.3, -0.25) is 14.4 Å². The Hall–Kier alpha value is -3.59. The smallest absolute Gasteiger partial charge is 0.253 e. The molecule has 1 unspecified atom stereocenters. The highest BCUT2D eigenvalue weighted by Crippen LogP contribution is 2.31. The predicted octanol–water partition coefficient (Wildman–Crippen LogP) is 3.18. The normalized spacial score (nSPS) is 19.5. The summed E-state index contributed by atoms with van der Waals surface area (Å²) in [6.07, 6.45) is 3.37. The van der Waals surface area contributed by atoms with E-state index in [4.69, 9.17) is 4.74 Å². The molecule has 0 bridgehead atoms. The molecule has 1 atom stereocenters. The quantitative estimate of drug-likeness (QED) is 0.481. The Morgan fingerprint density at radius 2 is 1.74 bits per heavy atom. The fourth-order valence-corrected chi connectivity index (χ4v) is 5.67. The molecule has 2 N–H and O–H groups in total. The molecule has 0 radical (unpaired) electrons. The van der Waals surface area contributed by atoms with E-state index in [0.717, 1.165) is 51.3 Å². The Morgan fingerprint density at radius 3 is 2.44 bits per heavy atom. The van der Waals surface area contributed by atoms with Gasteiger partial charge in [-0.15, -0.1) is 0 Å². The summed E-state index contributed by atoms with van der Waals surface area (Å²) in [4.78, 5) is 44.3. The Balaban J connectivity index is 1.25. The number of carbonyl (C=O) groups excluding carboxylic acids is 3. The largest absolute Gasteiger partial charge is 0.368 e. The summed E-state index contributed by atoms with van der Waals surface area (Å²) in [5.41, 5.74) is 4.56. The minimum Gasteiger partial charge on any atom is -0.368 e. The third-order valence-corrected chi connectivity index (χ3v) is 7.88. The van der Waals surface area contributed by atoms with E-state index < -0.39 is 6.10 Å². The van der Waals surface area contributed by atoms with Crippen molar-refractivity contribution in [2.24, 2.45) is 0 Å². The number of nitrogens with one attached hydrogen (secondary N) is 2. The fourth-order valence-electron chi connectivity index (χ4n) is 5.67. The van der Waals surface area contributed by atoms with Crippen molar-refractivity contribution in [1.82, 2.24) is 10.2 Å². The number of carbonyl (C=O) groups is 3. The van der Waals surface area contributed by atoms with E-state index in [2.05, 4.69) is 51.6 Å². The van der Waals surface area contributed by atoms with Crippen molar-refractivity contribution >= 4 is 34.8 Å². The van der Waals surface area contributed by atoms with Crippen molar-refractivity contribution in [2.45, 2.75) is 45.1 Å². The monoisotopic (exact) mass is 533 g/mol. The van der Waals surface area contributed by atoms with Gasteiger partial charge in [0, 0.05) is 70.1 Å². The summed E-state index contributed by atoms with van der Waals surface area (Å²) in [5, 5.41) is 6.03. The van der Waals surface area contributed by atoms with Crippen LogP contribution in [0.4, 0.5) is 17.1 Å². The van der Waals surface area contributed by atoms with Crippen LogP contribution in [0.3, 0.4) is 0 Å². The number of hydrogen-bond donors (Lipinski definition) is 2. The zero-order valence-corrected chi connectivity index (χ0v) is 22.8. The maximum Gasteiger partial charge on any atom is 0.253 e. The van der Waals surface area contributed by atoms with E-state index in [-0.39, 0.29) is 17.7 Å². The summed E-state index contributed by atoms with van der Waals surface area (Å²) >= 11 is 0. The minimum absolute atomic E-state index is 0.167. The van der Waals surface area contributed by atoms with Gasteiger partial charge in [-0.05, 0) is 62.4 Å². The van der Waals surface area contributed by atoms with Crippen molar-refractivity contribution < 1.29 is 19.1 Å². The molecule has 0 spiro atoms. The van der Waals surface area contributed by atoms with Gasteiger partial charge in [-0.2, -0.15) is 0 Å². The highest BCUT2D eigenvalue weighted by molar-refractivity contribution is 6.01. The van der Waals surface area contributed by atoms with E-state index >= 15 is 0 Å². The molecule has 3 aliphatic heterocycles. The molecular weight excluding hydrogens is 494 g/mol. The molecule has 3 saturated heterocycles. The molecule has 3 aliphatic rings. The van der Waals surface area contributed by atoms with Crippen LogP contribution >= 0.6 is 0 Å². The van der Waals surface area contributed by atoms with Crippen molar-refractivity contribution in [3.63, 3.8) is 0 Å². The van der Waals surface area contributed by atoms with Gasteiger partial charge < -0.3 is 30.1 Å². The van der Waals surface area contributed by atoms with Crippen LogP contribution in [0, 0.1) is 6.92 Å². The van der Waals surface area contributed by atoms with Gasteiger partial charge >= 0.3 is 0 Å². The van der Waals surface area contributed by atoms with Gasteiger partial charge in [0.25, 0.3) is 11.8 Å². The minimum atomic E-state index is -0.457. The highest BCUT2D eigenvalue weighted by atomic mass is 16.5. The second-order valence-corrected chi connectivity index (χ2v) is 10.6. The van der Waals surface area contributed by atoms with E-state index in [1.54, 1.807) is 6.07 Å². The van der Waals surface area contributed by atoms with Crippen molar-refractivity contribution in [3.05, 3.63) is 53.6 Å². The number of nitrogens with zero attached hydrogens (tertiary/aromatic N) is 3. The number of rotatable bonds is 9. The van der Waals surface area contributed by atoms with E-state index in [0.29, 0.717) is 50.2 Å². The first-order chi connectivity index (χ1) is 19.0. The molecule has 2 aromatic rings. The van der Waals surface area contributed by atoms with Crippen LogP contribution in [0.25, 0.3) is 0 Å². The Morgan fingerprint density at radius 1 is 0.974 bits per heavy atom. The topological polar surface area (TPSA) is 94.2 Å². The lowest BCUT2D eigenvalue weighted by Crippen LogP contribution is -2.47. The number of anilines is 3. The number of amides is 3. The highest BCUT2D eigenvalue weighted by Gasteiger charge is 2.27. The lowest BCUT2D eigenvalue weighted by atomic mass is 10.1. The van der Waals surface area contributed by atoms with Gasteiger partial charge in [0.1, 0.15) is 6.10 Å². The van der Waals surface area contributed by atoms with Crippen LogP contribution in [0.5, 0.6) is 0 Å². The first-order valence-corrected chi connectivity index (χ1v) is 14.2. The van der Waals surface area contributed by atoms with Crippen molar-refractivity contribution in [1.29, 1.82) is 0 Å². The summed E-state index contributed by atoms with van der Waals surface area (Å²) in [6.45, 7) is 8.03. The summed E-state index contributed by atoms with van der Waals surface area (Å²) in [5.74, 6) is -0.158. The molecule has 208 valence electrons. The van der Waals surface area contributed by atoms with E-state index in [1.807, 2.05) is 17.0 Å². The molecule has 9 nitrogen and oxygen atoms in total. The molecule has 0 saturated carbocycles. The molecule has 9 heteroatoms. The maximum absolute atomic E-state index is 13.0. The first-order valence-electron chi connectivity index (χ1n) is 14.2. The average Bonchev–Trinajstić information content (AvgIpc) is 3.64. The van der Waals surface area contributed by atoms with Gasteiger partial charge in [0.05, 0.1) is 11.4 Å². The Labute approximate surface area is 230 Å². The number of hydrogen-bond acceptors (Lipinski definition) is 6. The fraction of sp³-hybridized carbons (Fsp3) is 0.500. The van der Waals surface area contributed by atoms with Gasteiger partial charge in [0.2, 0.25) is 5.91 Å². The second-order valence-electron chi connectivity index (χ2n) is 10.6. The van der Waals surface area contributed by atoms with Crippen LogP contribution in [-0.4, -0.2) is 81.1 Å². The van der Waals surface area contributed by atoms with Crippen LogP contribution in [0.15, 0.2) is 42.5 Å². The number of likely N-dealkylation sites (tertiary alicyclic amines) is 1. The number of benzene rings is 2. The SMILES string of the molecule is Cc1ccccc1N1CCN(c2ccc(C(=O)NCCCN3CCCC3=O)cc2NC(=O)C2CCCO2)CC1. The van der Waals surface area contributed by atoms with Crippen molar-refractivity contribution in [3.8, 4) is 0 Å². The zero-order valence-electron chi connectivity index (χ0n) is 22.8. The van der Waals surface area contributed by atoms with Gasteiger partial charge in [0.15, 0.2) is 0 Å². The predicted molar refractivity (Wildman–Crippen MR) is 152 cm³/mol. The number of para-hydroxylation sites is 1. The molecule has 3 amide bonds. The summed E-state index contributed by atoms with van der Waals surface area (Å²) < 4.78 is 5.60. The van der Waals surface area contributed by atoms with Crippen LogP contribution < -0.4 is 20.4 Å². The first kappa shape index (κ1) is 27.0. The third-order valence-electron chi connectivity index (χ3n) is 7.88. The lowest BCUT2D eigenvalue weighted by Gasteiger charge is -2.38. The van der Waals surface area contributed by atoms with Gasteiger partial charge in [-0.1, -0.05) is 18.2 Å². The van der Waals surface area contributed by atoms with E-state index in [1.165, 1.54) is 11.3 Å². The van der Waals surface area contributed by atoms with Gasteiger partial charge in [-0.25, -0.2) is 0 Å². The molecule has 0 aliphatic carbocycles. The third kappa shape index (κ3) is 6.53. The number of ether oxygens (including phenoxy) is 1. The standard InChI is InChI=1S/C30H39N5O4/c1-22-7-2-3-8-25(22)33-16-18-34(19-17-33)26-12-11-23(21-24(26)32-30(38)27-9-5-20-39-27)29(37)31-13-6-15-35-14-4-10-28(35)36/h2-3,7-8,11-12,21,27H,4-6,9-10,13-20H2,1H3,(H,31,37)(H,32,38). The molecule has 0 aromatic heterocycles. The van der Waals surface area contributed by atoms with E-state index in [9.17, 15) is 14.4 Å². The second kappa shape index (κ2) is 12.5. The summed E-state index contributed by atoms with van der Waals surface area (Å²) in [6, 6.07) is 14.0. The number of piperazine rings is 1. The molecular formula is C30H39N5O4.